The number of aromatic nitrogens is 4. The Morgan fingerprint density at radius 2 is 2.00 bits per heavy atom. The molecule has 0 radical (unpaired) electrons. The van der Waals surface area contributed by atoms with Gasteiger partial charge in [-0.25, -0.2) is 0 Å². The number of allylic oxidation sites excluding steroid dienone is 4. The average Bonchev–Trinajstić information content (AvgIpc) is 3.55. The van der Waals surface area contributed by atoms with Crippen LogP contribution in [0.1, 0.15) is 35.1 Å². The minimum atomic E-state index is 0.363. The van der Waals surface area contributed by atoms with Crippen LogP contribution in [0.25, 0.3) is 29.1 Å². The number of pyridine rings is 1. The van der Waals surface area contributed by atoms with Crippen LogP contribution in [0.3, 0.4) is 0 Å². The van der Waals surface area contributed by atoms with Gasteiger partial charge in [-0.1, -0.05) is 43.0 Å². The van der Waals surface area contributed by atoms with Crippen molar-refractivity contribution in [3.05, 3.63) is 125 Å². The van der Waals surface area contributed by atoms with Gasteiger partial charge in [0, 0.05) is 23.5 Å². The molecule has 0 saturated carbocycles. The highest BCUT2D eigenvalue weighted by Crippen LogP contribution is 2.21. The SMILES string of the molecule is C=C/C=C(/C=C/c1cc(/C=C/c2ccc3cc[nH]c3c2)[nH]n1)C(\OC)=C(/C)OCc1ncccc1C. The number of benzene rings is 1. The summed E-state index contributed by atoms with van der Waals surface area (Å²) in [6.07, 6.45) is 15.2. The molecule has 0 saturated heterocycles. The number of nitrogens with one attached hydrogen (secondary N) is 2. The summed E-state index contributed by atoms with van der Waals surface area (Å²) in [5.41, 5.74) is 6.72. The fourth-order valence-corrected chi connectivity index (χ4v) is 3.76. The van der Waals surface area contributed by atoms with Crippen molar-refractivity contribution in [1.82, 2.24) is 20.2 Å². The largest absolute Gasteiger partial charge is 0.493 e. The Hall–Kier alpha value is -4.58. The Balaban J connectivity index is 1.46. The van der Waals surface area contributed by atoms with E-state index < -0.39 is 0 Å². The molecule has 0 bridgehead atoms. The number of aromatic amines is 2. The van der Waals surface area contributed by atoms with E-state index in [1.165, 1.54) is 5.39 Å². The minimum absolute atomic E-state index is 0.363. The second-order valence-corrected chi connectivity index (χ2v) is 8.24. The van der Waals surface area contributed by atoms with Crippen LogP contribution >= 0.6 is 0 Å². The van der Waals surface area contributed by atoms with E-state index in [0.717, 1.165) is 39.3 Å². The van der Waals surface area contributed by atoms with Gasteiger partial charge in [-0.2, -0.15) is 5.10 Å². The van der Waals surface area contributed by atoms with Crippen LogP contribution in [0.2, 0.25) is 0 Å². The number of nitrogens with zero attached hydrogens (tertiary/aromatic N) is 2. The maximum atomic E-state index is 5.99. The summed E-state index contributed by atoms with van der Waals surface area (Å²) in [5.74, 6) is 1.28. The number of fused-ring (bicyclic) bond motifs is 1. The lowest BCUT2D eigenvalue weighted by atomic mass is 10.1. The first-order valence-corrected chi connectivity index (χ1v) is 11.7. The fourth-order valence-electron chi connectivity index (χ4n) is 3.76. The van der Waals surface area contributed by atoms with Crippen LogP contribution in [0, 0.1) is 6.92 Å². The summed E-state index contributed by atoms with van der Waals surface area (Å²) in [7, 11) is 1.63. The molecule has 0 unspecified atom stereocenters. The Kier molecular flexibility index (Phi) is 7.98. The van der Waals surface area contributed by atoms with Crippen molar-refractivity contribution in [2.24, 2.45) is 0 Å². The number of rotatable bonds is 10. The quantitative estimate of drug-likeness (QED) is 0.190. The second-order valence-electron chi connectivity index (χ2n) is 8.24. The highest BCUT2D eigenvalue weighted by atomic mass is 16.5. The third-order valence-corrected chi connectivity index (χ3v) is 5.71. The van der Waals surface area contributed by atoms with Crippen molar-refractivity contribution in [1.29, 1.82) is 0 Å². The molecule has 4 rings (SSSR count). The van der Waals surface area contributed by atoms with Gasteiger partial charge < -0.3 is 14.5 Å². The van der Waals surface area contributed by atoms with Crippen molar-refractivity contribution in [3.63, 3.8) is 0 Å². The molecule has 0 fully saturated rings. The third-order valence-electron chi connectivity index (χ3n) is 5.71. The van der Waals surface area contributed by atoms with Gasteiger partial charge in [-0.15, -0.1) is 0 Å². The summed E-state index contributed by atoms with van der Waals surface area (Å²) in [5, 5.41) is 8.66. The molecule has 36 heavy (non-hydrogen) atoms. The topological polar surface area (TPSA) is 75.8 Å². The zero-order valence-corrected chi connectivity index (χ0v) is 20.8. The summed E-state index contributed by atoms with van der Waals surface area (Å²) in [6.45, 7) is 8.09. The van der Waals surface area contributed by atoms with E-state index >= 15 is 0 Å². The fraction of sp³-hybridized carbons (Fsp3) is 0.133. The molecule has 3 heterocycles. The molecule has 0 aliphatic heterocycles. The number of H-pyrrole nitrogens is 2. The van der Waals surface area contributed by atoms with Crippen molar-refractivity contribution in [2.45, 2.75) is 20.5 Å². The summed E-state index contributed by atoms with van der Waals surface area (Å²) >= 11 is 0. The number of hydrogen-bond acceptors (Lipinski definition) is 4. The van der Waals surface area contributed by atoms with E-state index in [1.807, 2.05) is 62.5 Å². The molecule has 6 nitrogen and oxygen atoms in total. The average molecular weight is 479 g/mol. The van der Waals surface area contributed by atoms with Crippen molar-refractivity contribution in [2.75, 3.05) is 7.11 Å². The minimum Gasteiger partial charge on any atom is -0.493 e. The molecule has 0 aliphatic carbocycles. The van der Waals surface area contributed by atoms with Gasteiger partial charge in [0.15, 0.2) is 5.76 Å². The zero-order valence-electron chi connectivity index (χ0n) is 20.8. The predicted molar refractivity (Wildman–Crippen MR) is 147 cm³/mol. The molecule has 3 aromatic heterocycles. The molecule has 0 atom stereocenters. The van der Waals surface area contributed by atoms with E-state index in [0.29, 0.717) is 18.1 Å². The molecular weight excluding hydrogens is 448 g/mol. The smallest absolute Gasteiger partial charge is 0.163 e. The Labute approximate surface area is 211 Å². The monoisotopic (exact) mass is 478 g/mol. The first-order valence-electron chi connectivity index (χ1n) is 11.7. The lowest BCUT2D eigenvalue weighted by Crippen LogP contribution is -2.02. The Bertz CT molecular complexity index is 1470. The molecule has 0 spiro atoms. The van der Waals surface area contributed by atoms with E-state index in [2.05, 4.69) is 57.1 Å². The van der Waals surface area contributed by atoms with Crippen molar-refractivity contribution >= 4 is 29.1 Å². The summed E-state index contributed by atoms with van der Waals surface area (Å²) in [4.78, 5) is 7.63. The van der Waals surface area contributed by atoms with E-state index in [4.69, 9.17) is 9.47 Å². The molecule has 182 valence electrons. The second kappa shape index (κ2) is 11.7. The van der Waals surface area contributed by atoms with Gasteiger partial charge in [-0.3, -0.25) is 10.1 Å². The van der Waals surface area contributed by atoms with Gasteiger partial charge in [0.1, 0.15) is 12.4 Å². The molecule has 0 amide bonds. The van der Waals surface area contributed by atoms with Crippen LogP contribution in [0.4, 0.5) is 0 Å². The molecule has 6 heteroatoms. The molecule has 1 aromatic carbocycles. The molecule has 0 aliphatic rings. The number of ether oxygens (including phenoxy) is 2. The lowest BCUT2D eigenvalue weighted by Gasteiger charge is -2.14. The summed E-state index contributed by atoms with van der Waals surface area (Å²) in [6, 6.07) is 14.3. The maximum Gasteiger partial charge on any atom is 0.163 e. The number of methoxy groups -OCH3 is 1. The molecule has 2 N–H and O–H groups in total. The van der Waals surface area contributed by atoms with Gasteiger partial charge in [0.25, 0.3) is 0 Å². The predicted octanol–water partition coefficient (Wildman–Crippen LogP) is 6.99. The zero-order chi connectivity index (χ0) is 25.3. The lowest BCUT2D eigenvalue weighted by molar-refractivity contribution is 0.168. The highest BCUT2D eigenvalue weighted by molar-refractivity contribution is 5.83. The van der Waals surface area contributed by atoms with Crippen LogP contribution in [0.5, 0.6) is 0 Å². The highest BCUT2D eigenvalue weighted by Gasteiger charge is 2.10. The van der Waals surface area contributed by atoms with Gasteiger partial charge in [0.2, 0.25) is 0 Å². The van der Waals surface area contributed by atoms with E-state index in [9.17, 15) is 0 Å². The van der Waals surface area contributed by atoms with Crippen LogP contribution in [-0.2, 0) is 16.1 Å². The Morgan fingerprint density at radius 3 is 2.81 bits per heavy atom. The normalized spacial score (nSPS) is 12.9. The van der Waals surface area contributed by atoms with Crippen LogP contribution in [0.15, 0.2) is 96.8 Å². The number of hydrogen-bond donors (Lipinski definition) is 2. The first-order chi connectivity index (χ1) is 17.6. The van der Waals surface area contributed by atoms with Crippen molar-refractivity contribution < 1.29 is 9.47 Å². The van der Waals surface area contributed by atoms with Crippen LogP contribution < -0.4 is 0 Å². The van der Waals surface area contributed by atoms with Gasteiger partial charge in [0.05, 0.1) is 24.2 Å². The van der Waals surface area contributed by atoms with Gasteiger partial charge in [-0.05, 0) is 72.9 Å². The van der Waals surface area contributed by atoms with E-state index in [1.54, 1.807) is 19.4 Å². The Morgan fingerprint density at radius 1 is 1.11 bits per heavy atom. The first kappa shape index (κ1) is 24.5. The molecule has 4 aromatic rings. The standard InChI is InChI=1S/C30H30N4O2/c1-5-7-25(30(35-4)22(3)36-20-29-21(2)8-6-16-31-29)12-14-27-19-26(33-34-27)13-10-23-9-11-24-15-17-32-28(24)18-23/h5-19,32H,1,20H2,2-4H3,(H,33,34)/b13-10+,14-12+,25-7-,30-22-. The van der Waals surface area contributed by atoms with E-state index in [-0.39, 0.29) is 0 Å². The summed E-state index contributed by atoms with van der Waals surface area (Å²) < 4.78 is 11.7. The maximum absolute atomic E-state index is 5.99. The van der Waals surface area contributed by atoms with Crippen LogP contribution in [-0.4, -0.2) is 27.3 Å². The number of aryl methyl sites for hydroxylation is 1. The van der Waals surface area contributed by atoms with Gasteiger partial charge >= 0.3 is 0 Å². The molecular formula is C30H30N4O2. The van der Waals surface area contributed by atoms with Crippen molar-refractivity contribution in [3.8, 4) is 0 Å². The third kappa shape index (κ3) is 6.10.